The van der Waals surface area contributed by atoms with Crippen molar-refractivity contribution in [2.24, 2.45) is 0 Å². The summed E-state index contributed by atoms with van der Waals surface area (Å²) < 4.78 is 54.4. The molecule has 8 rings (SSSR count). The third-order valence-electron chi connectivity index (χ3n) is 9.89. The molecule has 0 saturated carbocycles. The zero-order chi connectivity index (χ0) is 41.2. The monoisotopic (exact) mass is 934 g/mol. The standard InChI is InChI=1S/C21H22ClN3O2S2.C19H16Cl3N3O2S2/c1-15-6-7-17(12-16(15)2)20-14-28-21(23-20)24-8-10-25(11-9-24)29(26,27)19-5-3-4-18(22)13-19;20-14-2-1-3-15(11-14)29(26,27)25-8-6-24(7-9-25)19-23-18(12-28-19)13-4-5-16(21)17(22)10-13/h3-7,12-14H,8-11H2,1-2H3;1-5,10-12H,6-9H2. The van der Waals surface area contributed by atoms with Crippen LogP contribution < -0.4 is 9.80 Å². The maximum Gasteiger partial charge on any atom is 0.243 e. The molecule has 10 nitrogen and oxygen atoms in total. The molecule has 58 heavy (non-hydrogen) atoms. The fourth-order valence-corrected chi connectivity index (χ4v) is 12.0. The van der Waals surface area contributed by atoms with Gasteiger partial charge in [-0.2, -0.15) is 8.61 Å². The van der Waals surface area contributed by atoms with E-state index in [1.54, 1.807) is 59.9 Å². The summed E-state index contributed by atoms with van der Waals surface area (Å²) in [5.41, 5.74) is 6.29. The lowest BCUT2D eigenvalue weighted by Crippen LogP contribution is -2.48. The minimum Gasteiger partial charge on any atom is -0.345 e. The molecule has 2 saturated heterocycles. The molecule has 2 aliphatic heterocycles. The molecule has 18 heteroatoms. The van der Waals surface area contributed by atoms with Crippen LogP contribution in [0.3, 0.4) is 0 Å². The Bertz CT molecular complexity index is 2460. The Morgan fingerprint density at radius 3 is 1.40 bits per heavy atom. The first-order valence-corrected chi connectivity index (χ1v) is 24.3. The Balaban J connectivity index is 0.000000177. The van der Waals surface area contributed by atoms with Crippen molar-refractivity contribution in [3.05, 3.63) is 127 Å². The third-order valence-corrected chi connectivity index (χ3v) is 16.7. The van der Waals surface area contributed by atoms with Crippen LogP contribution in [0.5, 0.6) is 0 Å². The van der Waals surface area contributed by atoms with Gasteiger partial charge in [-0.25, -0.2) is 26.8 Å². The highest BCUT2D eigenvalue weighted by atomic mass is 35.5. The van der Waals surface area contributed by atoms with Gasteiger partial charge in [0.2, 0.25) is 20.0 Å². The van der Waals surface area contributed by atoms with Gasteiger partial charge in [0.05, 0.1) is 31.2 Å². The maximum atomic E-state index is 12.9. The lowest BCUT2D eigenvalue weighted by atomic mass is 10.1. The number of sulfonamides is 2. The van der Waals surface area contributed by atoms with Gasteiger partial charge in [-0.3, -0.25) is 0 Å². The van der Waals surface area contributed by atoms with E-state index in [4.69, 9.17) is 51.4 Å². The van der Waals surface area contributed by atoms with Crippen molar-refractivity contribution in [3.63, 3.8) is 0 Å². The van der Waals surface area contributed by atoms with E-state index >= 15 is 0 Å². The minimum atomic E-state index is -3.56. The topological polar surface area (TPSA) is 107 Å². The Labute approximate surface area is 367 Å². The van der Waals surface area contributed by atoms with Gasteiger partial charge in [0.15, 0.2) is 10.3 Å². The van der Waals surface area contributed by atoms with Crippen LogP contribution in [0.2, 0.25) is 20.1 Å². The van der Waals surface area contributed by atoms with Gasteiger partial charge in [-0.15, -0.1) is 22.7 Å². The van der Waals surface area contributed by atoms with Gasteiger partial charge in [0.25, 0.3) is 0 Å². The quantitative estimate of drug-likeness (QED) is 0.149. The molecular weight excluding hydrogens is 899 g/mol. The molecule has 0 bridgehead atoms. The third kappa shape index (κ3) is 9.68. The van der Waals surface area contributed by atoms with Crippen LogP contribution in [0.4, 0.5) is 10.3 Å². The highest BCUT2D eigenvalue weighted by Gasteiger charge is 2.31. The van der Waals surface area contributed by atoms with Crippen molar-refractivity contribution in [3.8, 4) is 22.5 Å². The van der Waals surface area contributed by atoms with Crippen LogP contribution in [0, 0.1) is 13.8 Å². The molecule has 304 valence electrons. The predicted molar refractivity (Wildman–Crippen MR) is 239 cm³/mol. The summed E-state index contributed by atoms with van der Waals surface area (Å²) in [4.78, 5) is 14.2. The number of anilines is 2. The second kappa shape index (κ2) is 18.1. The summed E-state index contributed by atoms with van der Waals surface area (Å²) in [6.45, 7) is 8.17. The summed E-state index contributed by atoms with van der Waals surface area (Å²) in [5, 5.41) is 7.62. The Kier molecular flexibility index (Phi) is 13.4. The lowest BCUT2D eigenvalue weighted by Gasteiger charge is -2.33. The molecule has 0 spiro atoms. The minimum absolute atomic E-state index is 0.217. The summed E-state index contributed by atoms with van der Waals surface area (Å²) >= 11 is 27.1. The number of aryl methyl sites for hydroxylation is 2. The van der Waals surface area contributed by atoms with E-state index in [9.17, 15) is 16.8 Å². The van der Waals surface area contributed by atoms with Gasteiger partial charge >= 0.3 is 0 Å². The van der Waals surface area contributed by atoms with Gasteiger partial charge in [-0.1, -0.05) is 76.7 Å². The second-order valence-corrected chi connectivity index (χ2v) is 20.9. The van der Waals surface area contributed by atoms with E-state index in [2.05, 4.69) is 52.2 Å². The lowest BCUT2D eigenvalue weighted by molar-refractivity contribution is 0.384. The molecule has 2 fully saturated rings. The molecular formula is C40H38Cl4N6O4S4. The molecule has 0 amide bonds. The van der Waals surface area contributed by atoms with E-state index in [-0.39, 0.29) is 9.79 Å². The molecule has 2 aliphatic rings. The second-order valence-electron chi connectivity index (χ2n) is 13.7. The van der Waals surface area contributed by atoms with Crippen LogP contribution in [0.15, 0.2) is 105 Å². The summed E-state index contributed by atoms with van der Waals surface area (Å²) in [6.07, 6.45) is 0. The zero-order valence-corrected chi connectivity index (χ0v) is 37.6. The summed E-state index contributed by atoms with van der Waals surface area (Å²) in [6, 6.07) is 24.6. The van der Waals surface area contributed by atoms with E-state index < -0.39 is 20.0 Å². The molecule has 0 atom stereocenters. The van der Waals surface area contributed by atoms with Crippen LogP contribution >= 0.6 is 69.1 Å². The SMILES string of the molecule is Cc1ccc(-c2csc(N3CCN(S(=O)(=O)c4cccc(Cl)c4)CC3)n2)cc1C.O=S(=O)(c1cccc(Cl)c1)N1CCN(c2nc(-c3ccc(Cl)c(Cl)c3)cs2)CC1. The fourth-order valence-electron chi connectivity index (χ4n) is 6.43. The number of piperazine rings is 2. The summed E-state index contributed by atoms with van der Waals surface area (Å²) in [7, 11) is -7.09. The molecule has 0 unspecified atom stereocenters. The Morgan fingerprint density at radius 2 is 0.966 bits per heavy atom. The predicted octanol–water partition coefficient (Wildman–Crippen LogP) is 9.87. The Morgan fingerprint density at radius 1 is 0.517 bits per heavy atom. The van der Waals surface area contributed by atoms with Crippen LogP contribution in [-0.4, -0.2) is 87.8 Å². The maximum absolute atomic E-state index is 12.9. The van der Waals surface area contributed by atoms with Crippen LogP contribution in [0.1, 0.15) is 11.1 Å². The average molecular weight is 937 g/mol. The van der Waals surface area contributed by atoms with Gasteiger partial charge in [0, 0.05) is 84.3 Å². The molecule has 0 aliphatic carbocycles. The molecule has 0 radical (unpaired) electrons. The van der Waals surface area contributed by atoms with Crippen LogP contribution in [0.25, 0.3) is 22.5 Å². The first-order chi connectivity index (χ1) is 27.7. The normalized spacial score (nSPS) is 15.6. The summed E-state index contributed by atoms with van der Waals surface area (Å²) in [5.74, 6) is 0. The van der Waals surface area contributed by atoms with Crippen molar-refractivity contribution in [1.82, 2.24) is 18.6 Å². The molecule has 4 heterocycles. The molecule has 2 aromatic heterocycles. The number of aromatic nitrogens is 2. The highest BCUT2D eigenvalue weighted by Crippen LogP contribution is 2.33. The van der Waals surface area contributed by atoms with E-state index in [1.165, 1.54) is 43.2 Å². The van der Waals surface area contributed by atoms with Crippen molar-refractivity contribution < 1.29 is 16.8 Å². The molecule has 4 aromatic carbocycles. The average Bonchev–Trinajstić information content (AvgIpc) is 3.92. The Hall–Kier alpha value is -3.28. The number of rotatable bonds is 8. The first kappa shape index (κ1) is 42.8. The highest BCUT2D eigenvalue weighted by molar-refractivity contribution is 7.89. The number of hydrogen-bond acceptors (Lipinski definition) is 10. The number of benzene rings is 4. The number of thiazole rings is 2. The van der Waals surface area contributed by atoms with E-state index in [0.717, 1.165) is 32.8 Å². The first-order valence-electron chi connectivity index (χ1n) is 18.1. The van der Waals surface area contributed by atoms with Gasteiger partial charge < -0.3 is 9.80 Å². The van der Waals surface area contributed by atoms with Gasteiger partial charge in [-0.05, 0) is 79.6 Å². The van der Waals surface area contributed by atoms with Crippen molar-refractivity contribution in [2.75, 3.05) is 62.2 Å². The molecule has 0 N–H and O–H groups in total. The smallest absolute Gasteiger partial charge is 0.243 e. The van der Waals surface area contributed by atoms with Crippen molar-refractivity contribution >= 4 is 99.4 Å². The zero-order valence-electron chi connectivity index (χ0n) is 31.4. The van der Waals surface area contributed by atoms with Crippen molar-refractivity contribution in [1.29, 1.82) is 0 Å². The fraction of sp³-hybridized carbons (Fsp3) is 0.250. The van der Waals surface area contributed by atoms with Crippen LogP contribution in [-0.2, 0) is 20.0 Å². The van der Waals surface area contributed by atoms with E-state index in [0.29, 0.717) is 72.4 Å². The number of halogens is 4. The number of nitrogens with zero attached hydrogens (tertiary/aromatic N) is 6. The van der Waals surface area contributed by atoms with E-state index in [1.807, 2.05) is 11.4 Å². The number of hydrogen-bond donors (Lipinski definition) is 0. The largest absolute Gasteiger partial charge is 0.345 e. The van der Waals surface area contributed by atoms with Gasteiger partial charge in [0.1, 0.15) is 0 Å². The molecule has 6 aromatic rings. The van der Waals surface area contributed by atoms with Crippen molar-refractivity contribution in [2.45, 2.75) is 23.6 Å².